The minimum atomic E-state index is 0.420. The lowest BCUT2D eigenvalue weighted by molar-refractivity contribution is 0.483. The van der Waals surface area contributed by atoms with Crippen LogP contribution < -0.4 is 4.74 Å². The van der Waals surface area contributed by atoms with E-state index in [9.17, 15) is 0 Å². The van der Waals surface area contributed by atoms with Crippen molar-refractivity contribution in [1.29, 1.82) is 0 Å². The molecule has 0 saturated heterocycles. The van der Waals surface area contributed by atoms with Gasteiger partial charge in [0.15, 0.2) is 0 Å². The van der Waals surface area contributed by atoms with Crippen LogP contribution in [0.2, 0.25) is 20.1 Å². The second-order valence-corrected chi connectivity index (χ2v) is 4.94. The second-order valence-electron chi connectivity index (χ2n) is 3.25. The summed E-state index contributed by atoms with van der Waals surface area (Å²) in [5.74, 6) is 0.973. The highest BCUT2D eigenvalue weighted by atomic mass is 35.5. The molecular weight excluding hydrogens is 302 g/mol. The first kappa shape index (κ1) is 12.8. The summed E-state index contributed by atoms with van der Waals surface area (Å²) in [5, 5.41) is 1.93. The lowest BCUT2D eigenvalue weighted by atomic mass is 10.3. The summed E-state index contributed by atoms with van der Waals surface area (Å²) in [6, 6.07) is 9.93. The molecule has 17 heavy (non-hydrogen) atoms. The van der Waals surface area contributed by atoms with Crippen molar-refractivity contribution in [2.45, 2.75) is 0 Å². The SMILES string of the molecule is Clc1ccc(Oc2ccc(Cl)cc2Cl)c(Cl)c1. The summed E-state index contributed by atoms with van der Waals surface area (Å²) in [6.45, 7) is 0. The lowest BCUT2D eigenvalue weighted by Crippen LogP contribution is -1.86. The molecule has 0 amide bonds. The molecule has 0 aromatic heterocycles. The van der Waals surface area contributed by atoms with Crippen LogP contribution in [-0.4, -0.2) is 0 Å². The normalized spacial score (nSPS) is 10.4. The minimum Gasteiger partial charge on any atom is -0.454 e. The summed E-state index contributed by atoms with van der Waals surface area (Å²) < 4.78 is 5.57. The van der Waals surface area contributed by atoms with E-state index >= 15 is 0 Å². The molecule has 5 heteroatoms. The fourth-order valence-corrected chi connectivity index (χ4v) is 2.13. The number of ether oxygens (including phenoxy) is 1. The minimum absolute atomic E-state index is 0.420. The van der Waals surface area contributed by atoms with Crippen LogP contribution in [0.25, 0.3) is 0 Å². The van der Waals surface area contributed by atoms with Crippen molar-refractivity contribution in [2.75, 3.05) is 0 Å². The molecule has 0 aliphatic carbocycles. The topological polar surface area (TPSA) is 9.23 Å². The van der Waals surface area contributed by atoms with Gasteiger partial charge in [-0.1, -0.05) is 46.4 Å². The van der Waals surface area contributed by atoms with E-state index in [-0.39, 0.29) is 0 Å². The smallest absolute Gasteiger partial charge is 0.146 e. The monoisotopic (exact) mass is 306 g/mol. The maximum Gasteiger partial charge on any atom is 0.146 e. The maximum absolute atomic E-state index is 5.98. The van der Waals surface area contributed by atoms with Crippen molar-refractivity contribution < 1.29 is 4.74 Å². The van der Waals surface area contributed by atoms with E-state index in [1.165, 1.54) is 0 Å². The molecule has 0 aliphatic heterocycles. The van der Waals surface area contributed by atoms with E-state index in [2.05, 4.69) is 0 Å². The van der Waals surface area contributed by atoms with Crippen molar-refractivity contribution in [2.24, 2.45) is 0 Å². The predicted octanol–water partition coefficient (Wildman–Crippen LogP) is 6.09. The van der Waals surface area contributed by atoms with Crippen LogP contribution in [0.15, 0.2) is 36.4 Å². The maximum atomic E-state index is 5.98. The standard InChI is InChI=1S/C12H6Cl4O/c13-7-1-3-11(9(15)5-7)17-12-4-2-8(14)6-10(12)16/h1-6H. The first-order valence-corrected chi connectivity index (χ1v) is 6.15. The Morgan fingerprint density at radius 1 is 0.647 bits per heavy atom. The number of benzene rings is 2. The van der Waals surface area contributed by atoms with E-state index in [1.807, 2.05) is 0 Å². The van der Waals surface area contributed by atoms with E-state index in [1.54, 1.807) is 36.4 Å². The highest BCUT2D eigenvalue weighted by molar-refractivity contribution is 6.36. The molecule has 0 radical (unpaired) electrons. The third kappa shape index (κ3) is 3.20. The molecule has 0 atom stereocenters. The fourth-order valence-electron chi connectivity index (χ4n) is 1.23. The van der Waals surface area contributed by atoms with Gasteiger partial charge in [-0.15, -0.1) is 0 Å². The zero-order chi connectivity index (χ0) is 12.4. The van der Waals surface area contributed by atoms with Crippen molar-refractivity contribution >= 4 is 46.4 Å². The van der Waals surface area contributed by atoms with Gasteiger partial charge in [-0.05, 0) is 36.4 Å². The highest BCUT2D eigenvalue weighted by Crippen LogP contribution is 2.35. The van der Waals surface area contributed by atoms with Gasteiger partial charge in [-0.2, -0.15) is 0 Å². The predicted molar refractivity (Wildman–Crippen MR) is 73.0 cm³/mol. The Hall–Kier alpha value is -0.600. The lowest BCUT2D eigenvalue weighted by Gasteiger charge is -2.09. The third-order valence-electron chi connectivity index (χ3n) is 2.01. The summed E-state index contributed by atoms with van der Waals surface area (Å²) >= 11 is 23.5. The van der Waals surface area contributed by atoms with Crippen LogP contribution in [0.1, 0.15) is 0 Å². The number of hydrogen-bond acceptors (Lipinski definition) is 1. The molecule has 0 bridgehead atoms. The van der Waals surface area contributed by atoms with Crippen LogP contribution in [0.4, 0.5) is 0 Å². The van der Waals surface area contributed by atoms with Crippen molar-refractivity contribution in [1.82, 2.24) is 0 Å². The van der Waals surface area contributed by atoms with Crippen molar-refractivity contribution in [3.63, 3.8) is 0 Å². The van der Waals surface area contributed by atoms with E-state index in [4.69, 9.17) is 51.1 Å². The van der Waals surface area contributed by atoms with Gasteiger partial charge in [0.25, 0.3) is 0 Å². The molecule has 0 unspecified atom stereocenters. The van der Waals surface area contributed by atoms with Crippen molar-refractivity contribution in [3.05, 3.63) is 56.5 Å². The molecule has 2 aromatic rings. The molecule has 2 aromatic carbocycles. The second kappa shape index (κ2) is 5.36. The first-order valence-electron chi connectivity index (χ1n) is 4.64. The molecule has 0 spiro atoms. The number of rotatable bonds is 2. The van der Waals surface area contributed by atoms with Crippen molar-refractivity contribution in [3.8, 4) is 11.5 Å². The molecule has 0 saturated carbocycles. The summed E-state index contributed by atoms with van der Waals surface area (Å²) in [6.07, 6.45) is 0. The van der Waals surface area contributed by atoms with Gasteiger partial charge >= 0.3 is 0 Å². The Labute approximate surface area is 119 Å². The van der Waals surface area contributed by atoms with Gasteiger partial charge in [-0.3, -0.25) is 0 Å². The van der Waals surface area contributed by atoms with Gasteiger partial charge in [0.05, 0.1) is 10.0 Å². The zero-order valence-electron chi connectivity index (χ0n) is 8.38. The first-order chi connectivity index (χ1) is 8.06. The van der Waals surface area contributed by atoms with Gasteiger partial charge in [0, 0.05) is 10.0 Å². The summed E-state index contributed by atoms with van der Waals surface area (Å²) in [4.78, 5) is 0. The molecular formula is C12H6Cl4O. The summed E-state index contributed by atoms with van der Waals surface area (Å²) in [7, 11) is 0. The van der Waals surface area contributed by atoms with Crippen LogP contribution in [-0.2, 0) is 0 Å². The molecule has 1 nitrogen and oxygen atoms in total. The largest absolute Gasteiger partial charge is 0.454 e. The highest BCUT2D eigenvalue weighted by Gasteiger charge is 2.07. The Balaban J connectivity index is 2.31. The van der Waals surface area contributed by atoms with E-state index in [0.717, 1.165) is 0 Å². The Morgan fingerprint density at radius 2 is 1.06 bits per heavy atom. The number of halogens is 4. The van der Waals surface area contributed by atoms with E-state index in [0.29, 0.717) is 31.6 Å². The fraction of sp³-hybridized carbons (Fsp3) is 0. The average Bonchev–Trinajstić information content (AvgIpc) is 2.25. The average molecular weight is 308 g/mol. The molecule has 0 fully saturated rings. The van der Waals surface area contributed by atoms with Crippen LogP contribution in [0, 0.1) is 0 Å². The molecule has 88 valence electrons. The van der Waals surface area contributed by atoms with Gasteiger partial charge in [-0.25, -0.2) is 0 Å². The Kier molecular flexibility index (Phi) is 4.05. The summed E-state index contributed by atoms with van der Waals surface area (Å²) in [5.41, 5.74) is 0. The van der Waals surface area contributed by atoms with E-state index < -0.39 is 0 Å². The zero-order valence-corrected chi connectivity index (χ0v) is 11.4. The van der Waals surface area contributed by atoms with Crippen LogP contribution in [0.5, 0.6) is 11.5 Å². The third-order valence-corrected chi connectivity index (χ3v) is 3.07. The quantitative estimate of drug-likeness (QED) is 0.652. The molecule has 2 rings (SSSR count). The number of hydrogen-bond donors (Lipinski definition) is 0. The molecule has 0 heterocycles. The van der Waals surface area contributed by atoms with Gasteiger partial charge in [0.1, 0.15) is 11.5 Å². The Bertz CT molecular complexity index is 505. The molecule has 0 aliphatic rings. The van der Waals surface area contributed by atoms with Crippen LogP contribution in [0.3, 0.4) is 0 Å². The van der Waals surface area contributed by atoms with Gasteiger partial charge < -0.3 is 4.74 Å². The molecule has 0 N–H and O–H groups in total. The van der Waals surface area contributed by atoms with Crippen LogP contribution >= 0.6 is 46.4 Å². The van der Waals surface area contributed by atoms with Gasteiger partial charge in [0.2, 0.25) is 0 Å². The Morgan fingerprint density at radius 3 is 1.41 bits per heavy atom.